The Morgan fingerprint density at radius 3 is 2.69 bits per heavy atom. The van der Waals surface area contributed by atoms with Gasteiger partial charge < -0.3 is 14.8 Å². The van der Waals surface area contributed by atoms with Gasteiger partial charge >= 0.3 is 0 Å². The Morgan fingerprint density at radius 1 is 1.15 bits per heavy atom. The molecule has 1 amide bonds. The van der Waals surface area contributed by atoms with Gasteiger partial charge in [-0.25, -0.2) is 4.98 Å². The van der Waals surface area contributed by atoms with Crippen molar-refractivity contribution in [1.29, 1.82) is 0 Å². The lowest BCUT2D eigenvalue weighted by Crippen LogP contribution is -2.14. The van der Waals surface area contributed by atoms with Crippen LogP contribution in [0.5, 0.6) is 11.5 Å². The van der Waals surface area contributed by atoms with Crippen molar-refractivity contribution in [3.05, 3.63) is 57.1 Å². The highest BCUT2D eigenvalue weighted by molar-refractivity contribution is 14.1. The molecule has 0 atom stereocenters. The van der Waals surface area contributed by atoms with E-state index in [9.17, 15) is 4.79 Å². The molecule has 0 bridgehead atoms. The van der Waals surface area contributed by atoms with Crippen LogP contribution >= 0.6 is 33.9 Å². The number of methoxy groups -OCH3 is 2. The zero-order valence-corrected chi connectivity index (χ0v) is 17.3. The second-order valence-electron chi connectivity index (χ2n) is 5.45. The van der Waals surface area contributed by atoms with Gasteiger partial charge in [0.1, 0.15) is 5.01 Å². The molecule has 0 fully saturated rings. The molecule has 1 heterocycles. The summed E-state index contributed by atoms with van der Waals surface area (Å²) in [5.41, 5.74) is 2.46. The largest absolute Gasteiger partial charge is 0.493 e. The van der Waals surface area contributed by atoms with Gasteiger partial charge in [0.15, 0.2) is 11.5 Å². The number of hydrogen-bond donors (Lipinski definition) is 1. The third-order valence-electron chi connectivity index (χ3n) is 3.63. The van der Waals surface area contributed by atoms with Crippen molar-refractivity contribution >= 4 is 45.5 Å². The van der Waals surface area contributed by atoms with Gasteiger partial charge in [-0.1, -0.05) is 6.07 Å². The molecule has 26 heavy (non-hydrogen) atoms. The fourth-order valence-electron chi connectivity index (χ4n) is 2.43. The van der Waals surface area contributed by atoms with E-state index in [1.807, 2.05) is 47.8 Å². The van der Waals surface area contributed by atoms with Gasteiger partial charge in [-0.2, -0.15) is 0 Å². The number of rotatable bonds is 6. The smallest absolute Gasteiger partial charge is 0.230 e. The van der Waals surface area contributed by atoms with Crippen molar-refractivity contribution in [3.8, 4) is 22.1 Å². The van der Waals surface area contributed by atoms with Gasteiger partial charge in [-0.15, -0.1) is 11.3 Å². The SMILES string of the molecule is COc1ccc(-c2nc(CC(=O)Nc3cccc(I)c3)cs2)cc1OC. The molecule has 7 heteroatoms. The summed E-state index contributed by atoms with van der Waals surface area (Å²) in [6, 6.07) is 13.3. The maximum atomic E-state index is 12.2. The second-order valence-corrected chi connectivity index (χ2v) is 7.55. The molecule has 1 aromatic heterocycles. The Labute approximate surface area is 169 Å². The van der Waals surface area contributed by atoms with E-state index in [1.54, 1.807) is 14.2 Å². The van der Waals surface area contributed by atoms with Gasteiger partial charge in [0.05, 0.1) is 26.3 Å². The first-order valence-corrected chi connectivity index (χ1v) is 9.77. The van der Waals surface area contributed by atoms with Crippen LogP contribution in [-0.4, -0.2) is 25.1 Å². The minimum absolute atomic E-state index is 0.0869. The van der Waals surface area contributed by atoms with Crippen LogP contribution in [0.1, 0.15) is 5.69 Å². The van der Waals surface area contributed by atoms with E-state index in [1.165, 1.54) is 11.3 Å². The Balaban J connectivity index is 1.70. The highest BCUT2D eigenvalue weighted by Gasteiger charge is 2.12. The number of nitrogens with one attached hydrogen (secondary N) is 1. The van der Waals surface area contributed by atoms with Crippen molar-refractivity contribution in [1.82, 2.24) is 4.98 Å². The fourth-order valence-corrected chi connectivity index (χ4v) is 3.79. The minimum atomic E-state index is -0.0869. The highest BCUT2D eigenvalue weighted by atomic mass is 127. The number of hydrogen-bond acceptors (Lipinski definition) is 5. The summed E-state index contributed by atoms with van der Waals surface area (Å²) >= 11 is 3.71. The summed E-state index contributed by atoms with van der Waals surface area (Å²) in [5, 5.41) is 5.64. The van der Waals surface area contributed by atoms with Gasteiger partial charge in [0.2, 0.25) is 5.91 Å². The van der Waals surface area contributed by atoms with Gasteiger partial charge in [0, 0.05) is 20.2 Å². The first-order chi connectivity index (χ1) is 12.6. The van der Waals surface area contributed by atoms with Gasteiger partial charge in [-0.3, -0.25) is 4.79 Å². The molecule has 0 saturated carbocycles. The molecule has 0 unspecified atom stereocenters. The van der Waals surface area contributed by atoms with E-state index >= 15 is 0 Å². The predicted molar refractivity (Wildman–Crippen MR) is 112 cm³/mol. The molecule has 2 aromatic carbocycles. The fraction of sp³-hybridized carbons (Fsp3) is 0.158. The number of nitrogens with zero attached hydrogens (tertiary/aromatic N) is 1. The van der Waals surface area contributed by atoms with E-state index in [-0.39, 0.29) is 12.3 Å². The molecule has 0 spiro atoms. The van der Waals surface area contributed by atoms with Crippen LogP contribution < -0.4 is 14.8 Å². The molecule has 0 aliphatic heterocycles. The number of aromatic nitrogens is 1. The molecular formula is C19H17IN2O3S. The number of thiazole rings is 1. The molecular weight excluding hydrogens is 463 g/mol. The lowest BCUT2D eigenvalue weighted by Gasteiger charge is -2.08. The molecule has 134 valence electrons. The normalized spacial score (nSPS) is 10.4. The number of amides is 1. The van der Waals surface area contributed by atoms with E-state index in [4.69, 9.17) is 9.47 Å². The van der Waals surface area contributed by atoms with Gasteiger partial charge in [-0.05, 0) is 59.0 Å². The molecule has 3 rings (SSSR count). The standard InChI is InChI=1S/C19H17IN2O3S/c1-24-16-7-6-12(8-17(16)25-2)19-22-15(11-26-19)10-18(23)21-14-5-3-4-13(20)9-14/h3-9,11H,10H2,1-2H3,(H,21,23). The van der Waals surface area contributed by atoms with Crippen LogP contribution in [0.25, 0.3) is 10.6 Å². The summed E-state index contributed by atoms with van der Waals surface area (Å²) < 4.78 is 11.7. The summed E-state index contributed by atoms with van der Waals surface area (Å²) in [6.07, 6.45) is 0.231. The molecule has 0 aliphatic carbocycles. The number of carbonyl (C=O) groups is 1. The second kappa shape index (κ2) is 8.50. The average Bonchev–Trinajstić information content (AvgIpc) is 3.09. The quantitative estimate of drug-likeness (QED) is 0.524. The molecule has 0 radical (unpaired) electrons. The Hall–Kier alpha value is -2.13. The van der Waals surface area contributed by atoms with Crippen molar-refractivity contribution in [2.24, 2.45) is 0 Å². The van der Waals surface area contributed by atoms with Crippen LogP contribution in [0.15, 0.2) is 47.8 Å². The van der Waals surface area contributed by atoms with Crippen LogP contribution in [0.4, 0.5) is 5.69 Å². The molecule has 0 saturated heterocycles. The Bertz CT molecular complexity index is 927. The minimum Gasteiger partial charge on any atom is -0.493 e. The summed E-state index contributed by atoms with van der Waals surface area (Å²) in [4.78, 5) is 16.8. The van der Waals surface area contributed by atoms with E-state index < -0.39 is 0 Å². The Kier molecular flexibility index (Phi) is 6.10. The first kappa shape index (κ1) is 18.7. The lowest BCUT2D eigenvalue weighted by molar-refractivity contribution is -0.115. The van der Waals surface area contributed by atoms with Crippen molar-refractivity contribution in [2.45, 2.75) is 6.42 Å². The van der Waals surface area contributed by atoms with Crippen LogP contribution in [-0.2, 0) is 11.2 Å². The molecule has 0 aliphatic rings. The molecule has 1 N–H and O–H groups in total. The Morgan fingerprint density at radius 2 is 1.96 bits per heavy atom. The highest BCUT2D eigenvalue weighted by Crippen LogP contribution is 2.33. The average molecular weight is 480 g/mol. The van der Waals surface area contributed by atoms with E-state index in [0.29, 0.717) is 11.5 Å². The number of benzene rings is 2. The summed E-state index contributed by atoms with van der Waals surface area (Å²) in [5.74, 6) is 1.24. The number of carbonyl (C=O) groups excluding carboxylic acids is 1. The van der Waals surface area contributed by atoms with Crippen molar-refractivity contribution in [2.75, 3.05) is 19.5 Å². The summed E-state index contributed by atoms with van der Waals surface area (Å²) in [7, 11) is 3.20. The number of halogens is 1. The zero-order chi connectivity index (χ0) is 18.5. The van der Waals surface area contributed by atoms with E-state index in [2.05, 4.69) is 32.9 Å². The predicted octanol–water partition coefficient (Wildman–Crippen LogP) is 4.61. The first-order valence-electron chi connectivity index (χ1n) is 7.81. The van der Waals surface area contributed by atoms with E-state index in [0.717, 1.165) is 25.5 Å². The number of anilines is 1. The van der Waals surface area contributed by atoms with Crippen molar-refractivity contribution < 1.29 is 14.3 Å². The van der Waals surface area contributed by atoms with Crippen molar-refractivity contribution in [3.63, 3.8) is 0 Å². The monoisotopic (exact) mass is 480 g/mol. The van der Waals surface area contributed by atoms with Crippen LogP contribution in [0, 0.1) is 3.57 Å². The maximum absolute atomic E-state index is 12.2. The van der Waals surface area contributed by atoms with Gasteiger partial charge in [0.25, 0.3) is 0 Å². The third-order valence-corrected chi connectivity index (χ3v) is 5.24. The molecule has 5 nitrogen and oxygen atoms in total. The number of ether oxygens (including phenoxy) is 2. The lowest BCUT2D eigenvalue weighted by atomic mass is 10.2. The van der Waals surface area contributed by atoms with Crippen LogP contribution in [0.3, 0.4) is 0 Å². The zero-order valence-electron chi connectivity index (χ0n) is 14.3. The van der Waals surface area contributed by atoms with Crippen LogP contribution in [0.2, 0.25) is 0 Å². The maximum Gasteiger partial charge on any atom is 0.230 e. The topological polar surface area (TPSA) is 60.5 Å². The summed E-state index contributed by atoms with van der Waals surface area (Å²) in [6.45, 7) is 0. The molecule has 3 aromatic rings. The third kappa shape index (κ3) is 4.53.